The molecule has 1 unspecified atom stereocenters. The van der Waals surface area contributed by atoms with E-state index >= 15 is 0 Å². The standard InChI is InChI=1S/C20H40FNO4S/c1-2-3-4-5-6-7-8-9-10-11-12-13-14-15-16-19(27(24,25)26)20(23)22-18-17-21/h19H,2-18H2,1H3,(H,22,23)(H,24,25,26). The number of halogens is 1. The molecule has 0 aromatic heterocycles. The van der Waals surface area contributed by atoms with Crippen molar-refractivity contribution in [1.29, 1.82) is 0 Å². The summed E-state index contributed by atoms with van der Waals surface area (Å²) in [5, 5.41) is 0.701. The maximum Gasteiger partial charge on any atom is 0.276 e. The first-order valence-corrected chi connectivity index (χ1v) is 12.2. The van der Waals surface area contributed by atoms with Crippen molar-refractivity contribution in [2.45, 2.75) is 108 Å². The first kappa shape index (κ1) is 26.3. The highest BCUT2D eigenvalue weighted by Crippen LogP contribution is 2.15. The molecule has 27 heavy (non-hydrogen) atoms. The lowest BCUT2D eigenvalue weighted by Crippen LogP contribution is -2.40. The van der Waals surface area contributed by atoms with Crippen LogP contribution in [0.1, 0.15) is 103 Å². The number of rotatable bonds is 19. The van der Waals surface area contributed by atoms with E-state index < -0.39 is 27.9 Å². The highest BCUT2D eigenvalue weighted by atomic mass is 32.2. The summed E-state index contributed by atoms with van der Waals surface area (Å²) in [7, 11) is -4.45. The van der Waals surface area contributed by atoms with E-state index in [1.165, 1.54) is 64.2 Å². The predicted molar refractivity (Wildman–Crippen MR) is 109 cm³/mol. The van der Waals surface area contributed by atoms with Crippen LogP contribution in [0.25, 0.3) is 0 Å². The zero-order valence-corrected chi connectivity index (χ0v) is 17.9. The second kappa shape index (κ2) is 17.4. The van der Waals surface area contributed by atoms with E-state index in [9.17, 15) is 17.6 Å². The molecular formula is C20H40FNO4S. The molecule has 0 heterocycles. The van der Waals surface area contributed by atoms with Crippen LogP contribution in [-0.2, 0) is 14.9 Å². The number of unbranched alkanes of at least 4 members (excludes halogenated alkanes) is 13. The Morgan fingerprint density at radius 3 is 1.63 bits per heavy atom. The molecule has 7 heteroatoms. The Hall–Kier alpha value is -0.690. The van der Waals surface area contributed by atoms with Gasteiger partial charge in [-0.3, -0.25) is 9.35 Å². The Kier molecular flexibility index (Phi) is 17.0. The van der Waals surface area contributed by atoms with Crippen molar-refractivity contribution in [3.63, 3.8) is 0 Å². The molecule has 0 fully saturated rings. The summed E-state index contributed by atoms with van der Waals surface area (Å²) in [5.41, 5.74) is 0. The van der Waals surface area contributed by atoms with Crippen LogP contribution in [0.2, 0.25) is 0 Å². The van der Waals surface area contributed by atoms with Crippen molar-refractivity contribution >= 4 is 16.0 Å². The lowest BCUT2D eigenvalue weighted by Gasteiger charge is -2.13. The van der Waals surface area contributed by atoms with Gasteiger partial charge in [-0.15, -0.1) is 0 Å². The molecular weight excluding hydrogens is 369 g/mol. The van der Waals surface area contributed by atoms with Crippen molar-refractivity contribution in [2.75, 3.05) is 13.2 Å². The molecule has 162 valence electrons. The summed E-state index contributed by atoms with van der Waals surface area (Å²) in [4.78, 5) is 11.7. The van der Waals surface area contributed by atoms with Gasteiger partial charge in [-0.25, -0.2) is 4.39 Å². The normalized spacial score (nSPS) is 12.9. The Bertz CT molecular complexity index is 457. The van der Waals surface area contributed by atoms with Gasteiger partial charge in [0, 0.05) is 6.54 Å². The molecule has 0 saturated heterocycles. The van der Waals surface area contributed by atoms with Gasteiger partial charge < -0.3 is 5.32 Å². The van der Waals surface area contributed by atoms with Gasteiger partial charge in [0.25, 0.3) is 10.1 Å². The third kappa shape index (κ3) is 16.0. The third-order valence-corrected chi connectivity index (χ3v) is 6.03. The maximum absolute atomic E-state index is 12.1. The van der Waals surface area contributed by atoms with E-state index in [4.69, 9.17) is 4.55 Å². The Morgan fingerprint density at radius 2 is 1.26 bits per heavy atom. The van der Waals surface area contributed by atoms with Gasteiger partial charge in [0.1, 0.15) is 6.67 Å². The zero-order valence-electron chi connectivity index (χ0n) is 17.1. The van der Waals surface area contributed by atoms with Crippen LogP contribution in [0.3, 0.4) is 0 Å². The number of carbonyl (C=O) groups is 1. The SMILES string of the molecule is CCCCCCCCCCCCCCCCC(C(=O)NCCF)S(=O)(=O)O. The smallest absolute Gasteiger partial charge is 0.276 e. The van der Waals surface area contributed by atoms with Gasteiger partial charge in [0.05, 0.1) is 0 Å². The van der Waals surface area contributed by atoms with E-state index in [2.05, 4.69) is 12.2 Å². The average Bonchev–Trinajstić information content (AvgIpc) is 2.62. The van der Waals surface area contributed by atoms with Crippen molar-refractivity contribution in [1.82, 2.24) is 5.32 Å². The molecule has 2 N–H and O–H groups in total. The molecule has 1 atom stereocenters. The maximum atomic E-state index is 12.1. The van der Waals surface area contributed by atoms with Crippen LogP contribution in [0.5, 0.6) is 0 Å². The zero-order chi connectivity index (χ0) is 20.4. The van der Waals surface area contributed by atoms with Crippen molar-refractivity contribution < 1.29 is 22.2 Å². The van der Waals surface area contributed by atoms with Gasteiger partial charge in [0.15, 0.2) is 5.25 Å². The minimum atomic E-state index is -4.45. The molecule has 5 nitrogen and oxygen atoms in total. The van der Waals surface area contributed by atoms with E-state index in [0.717, 1.165) is 19.3 Å². The first-order valence-electron chi connectivity index (χ1n) is 10.7. The van der Waals surface area contributed by atoms with Gasteiger partial charge >= 0.3 is 0 Å². The van der Waals surface area contributed by atoms with Gasteiger partial charge in [-0.2, -0.15) is 8.42 Å². The van der Waals surface area contributed by atoms with Crippen LogP contribution in [0, 0.1) is 0 Å². The van der Waals surface area contributed by atoms with Crippen molar-refractivity contribution in [2.24, 2.45) is 0 Å². The molecule has 0 aromatic carbocycles. The Morgan fingerprint density at radius 1 is 0.852 bits per heavy atom. The fourth-order valence-electron chi connectivity index (χ4n) is 3.22. The molecule has 0 aliphatic carbocycles. The molecule has 0 rings (SSSR count). The van der Waals surface area contributed by atoms with Crippen LogP contribution >= 0.6 is 0 Å². The summed E-state index contributed by atoms with van der Waals surface area (Å²) >= 11 is 0. The minimum absolute atomic E-state index is 0.0784. The second-order valence-corrected chi connectivity index (χ2v) is 8.97. The molecule has 0 aliphatic heterocycles. The second-order valence-electron chi connectivity index (χ2n) is 7.37. The number of carbonyl (C=O) groups excluding carboxylic acids is 1. The lowest BCUT2D eigenvalue weighted by molar-refractivity contribution is -0.120. The predicted octanol–water partition coefficient (Wildman–Crippen LogP) is 5.20. The van der Waals surface area contributed by atoms with Crippen LogP contribution in [0.15, 0.2) is 0 Å². The fraction of sp³-hybridized carbons (Fsp3) is 0.950. The molecule has 0 radical (unpaired) electrons. The highest BCUT2D eigenvalue weighted by Gasteiger charge is 2.30. The number of alkyl halides is 1. The fourth-order valence-corrected chi connectivity index (χ4v) is 4.04. The van der Waals surface area contributed by atoms with Crippen molar-refractivity contribution in [3.05, 3.63) is 0 Å². The summed E-state index contributed by atoms with van der Waals surface area (Å²) in [5.74, 6) is -0.815. The minimum Gasteiger partial charge on any atom is -0.352 e. The number of amides is 1. The largest absolute Gasteiger partial charge is 0.352 e. The Balaban J connectivity index is 3.61. The lowest BCUT2D eigenvalue weighted by atomic mass is 10.0. The molecule has 0 spiro atoms. The van der Waals surface area contributed by atoms with E-state index in [0.29, 0.717) is 6.42 Å². The van der Waals surface area contributed by atoms with E-state index in [1.807, 2.05) is 0 Å². The van der Waals surface area contributed by atoms with Gasteiger partial charge in [0.2, 0.25) is 5.91 Å². The molecule has 0 aliphatic rings. The Labute approximate surface area is 165 Å². The summed E-state index contributed by atoms with van der Waals surface area (Å²) in [6, 6.07) is 0. The van der Waals surface area contributed by atoms with Crippen LogP contribution in [0.4, 0.5) is 4.39 Å². The summed E-state index contributed by atoms with van der Waals surface area (Å²) in [6.45, 7) is 1.24. The first-order chi connectivity index (χ1) is 12.9. The van der Waals surface area contributed by atoms with Gasteiger partial charge in [-0.05, 0) is 6.42 Å². The van der Waals surface area contributed by atoms with Gasteiger partial charge in [-0.1, -0.05) is 96.8 Å². The van der Waals surface area contributed by atoms with Crippen LogP contribution < -0.4 is 5.32 Å². The number of hydrogen-bond donors (Lipinski definition) is 2. The topological polar surface area (TPSA) is 83.5 Å². The van der Waals surface area contributed by atoms with Crippen LogP contribution in [-0.4, -0.2) is 37.3 Å². The molecule has 0 saturated carbocycles. The third-order valence-electron chi connectivity index (χ3n) is 4.87. The molecule has 0 aromatic rings. The summed E-state index contributed by atoms with van der Waals surface area (Å²) < 4.78 is 43.8. The molecule has 1 amide bonds. The highest BCUT2D eigenvalue weighted by molar-refractivity contribution is 7.87. The van der Waals surface area contributed by atoms with E-state index in [-0.39, 0.29) is 13.0 Å². The number of nitrogens with one attached hydrogen (secondary N) is 1. The van der Waals surface area contributed by atoms with Crippen molar-refractivity contribution in [3.8, 4) is 0 Å². The monoisotopic (exact) mass is 409 g/mol. The summed E-state index contributed by atoms with van der Waals surface area (Å²) in [6.07, 6.45) is 16.7. The number of hydrogen-bond acceptors (Lipinski definition) is 3. The quantitative estimate of drug-likeness (QED) is 0.227. The average molecular weight is 410 g/mol. The van der Waals surface area contributed by atoms with E-state index in [1.54, 1.807) is 0 Å². The molecule has 0 bridgehead atoms.